The summed E-state index contributed by atoms with van der Waals surface area (Å²) < 4.78 is 0. The van der Waals surface area contributed by atoms with Crippen LogP contribution in [0.15, 0.2) is 24.3 Å². The fourth-order valence-electron chi connectivity index (χ4n) is 2.24. The molecule has 98 valence electrons. The molecule has 0 amide bonds. The Balaban J connectivity index is 2.46. The van der Waals surface area contributed by atoms with Crippen LogP contribution in [0.25, 0.3) is 11.1 Å². The van der Waals surface area contributed by atoms with Crippen molar-refractivity contribution in [3.8, 4) is 17.2 Å². The normalized spacial score (nSPS) is 12.1. The van der Waals surface area contributed by atoms with E-state index in [9.17, 15) is 5.26 Å². The van der Waals surface area contributed by atoms with Crippen LogP contribution in [0.1, 0.15) is 42.2 Å². The van der Waals surface area contributed by atoms with E-state index in [2.05, 4.69) is 44.2 Å². The molecule has 0 saturated carbocycles. The van der Waals surface area contributed by atoms with Crippen molar-refractivity contribution in [2.45, 2.75) is 33.1 Å². The summed E-state index contributed by atoms with van der Waals surface area (Å²) in [6.07, 6.45) is 1.13. The van der Waals surface area contributed by atoms with Gasteiger partial charge in [0.25, 0.3) is 0 Å². The lowest BCUT2D eigenvalue weighted by Crippen LogP contribution is -1.91. The highest BCUT2D eigenvalue weighted by Crippen LogP contribution is 2.37. The number of hydrogen-bond donors (Lipinski definition) is 1. The molecule has 0 aliphatic carbocycles. The Morgan fingerprint density at radius 2 is 1.95 bits per heavy atom. The zero-order chi connectivity index (χ0) is 14.0. The number of nitrogens with zero attached hydrogens (tertiary/aromatic N) is 1. The third-order valence-corrected chi connectivity index (χ3v) is 4.54. The summed E-state index contributed by atoms with van der Waals surface area (Å²) in [7, 11) is 0. The van der Waals surface area contributed by atoms with E-state index in [1.165, 1.54) is 16.9 Å². The van der Waals surface area contributed by atoms with Crippen molar-refractivity contribution in [2.24, 2.45) is 0 Å². The molecule has 19 heavy (non-hydrogen) atoms. The van der Waals surface area contributed by atoms with Crippen molar-refractivity contribution in [2.75, 3.05) is 5.73 Å². The first kappa shape index (κ1) is 13.6. The van der Waals surface area contributed by atoms with Gasteiger partial charge in [-0.3, -0.25) is 0 Å². The van der Waals surface area contributed by atoms with Gasteiger partial charge in [0, 0.05) is 10.4 Å². The molecule has 1 atom stereocenters. The number of benzene rings is 1. The maximum absolute atomic E-state index is 9.23. The first-order valence-electron chi connectivity index (χ1n) is 6.47. The van der Waals surface area contributed by atoms with Crippen LogP contribution < -0.4 is 5.73 Å². The van der Waals surface area contributed by atoms with Crippen molar-refractivity contribution < 1.29 is 0 Å². The predicted molar refractivity (Wildman–Crippen MR) is 82.3 cm³/mol. The highest BCUT2D eigenvalue weighted by atomic mass is 32.1. The summed E-state index contributed by atoms with van der Waals surface area (Å²) in [5.74, 6) is 0.568. The number of anilines is 1. The number of nitrogen functional groups attached to an aromatic ring is 1. The molecule has 0 unspecified atom stereocenters. The lowest BCUT2D eigenvalue weighted by atomic mass is 9.95. The summed E-state index contributed by atoms with van der Waals surface area (Å²) in [6, 6.07) is 10.7. The Labute approximate surface area is 118 Å². The molecule has 1 heterocycles. The highest BCUT2D eigenvalue weighted by molar-refractivity contribution is 7.16. The molecular formula is C16H18N2S. The topological polar surface area (TPSA) is 49.8 Å². The average molecular weight is 270 g/mol. The van der Waals surface area contributed by atoms with Gasteiger partial charge in [0.1, 0.15) is 11.1 Å². The van der Waals surface area contributed by atoms with Crippen molar-refractivity contribution in [3.63, 3.8) is 0 Å². The number of hydrogen-bond acceptors (Lipinski definition) is 3. The Morgan fingerprint density at radius 3 is 2.47 bits per heavy atom. The summed E-state index contributed by atoms with van der Waals surface area (Å²) >= 11 is 1.49. The largest absolute Gasteiger partial charge is 0.389 e. The molecule has 0 aliphatic rings. The molecule has 1 aromatic heterocycles. The molecule has 0 saturated heterocycles. The fourth-order valence-corrected chi connectivity index (χ4v) is 3.14. The predicted octanol–water partition coefficient (Wildman–Crippen LogP) is 4.69. The van der Waals surface area contributed by atoms with E-state index in [1.54, 1.807) is 0 Å². The molecule has 2 N–H and O–H groups in total. The quantitative estimate of drug-likeness (QED) is 0.879. The van der Waals surface area contributed by atoms with Gasteiger partial charge in [0.2, 0.25) is 0 Å². The summed E-state index contributed by atoms with van der Waals surface area (Å²) in [6.45, 7) is 6.43. The Morgan fingerprint density at radius 1 is 1.32 bits per heavy atom. The minimum absolute atomic E-state index is 0.568. The molecule has 2 rings (SSSR count). The van der Waals surface area contributed by atoms with E-state index in [4.69, 9.17) is 5.73 Å². The molecule has 0 radical (unpaired) electrons. The van der Waals surface area contributed by atoms with Gasteiger partial charge in [-0.2, -0.15) is 5.26 Å². The number of nitrogens with two attached hydrogens (primary N) is 1. The molecule has 0 fully saturated rings. The second-order valence-electron chi connectivity index (χ2n) is 4.82. The van der Waals surface area contributed by atoms with Crippen LogP contribution in [0.5, 0.6) is 0 Å². The number of rotatable bonds is 3. The lowest BCUT2D eigenvalue weighted by Gasteiger charge is -2.10. The van der Waals surface area contributed by atoms with E-state index < -0.39 is 0 Å². The van der Waals surface area contributed by atoms with Gasteiger partial charge in [-0.05, 0) is 30.4 Å². The average Bonchev–Trinajstić information content (AvgIpc) is 2.72. The van der Waals surface area contributed by atoms with Crippen LogP contribution in [0.4, 0.5) is 5.00 Å². The van der Waals surface area contributed by atoms with Crippen molar-refractivity contribution in [1.29, 1.82) is 5.26 Å². The third-order valence-electron chi connectivity index (χ3n) is 3.60. The highest BCUT2D eigenvalue weighted by Gasteiger charge is 2.15. The molecule has 0 spiro atoms. The summed E-state index contributed by atoms with van der Waals surface area (Å²) in [5, 5.41) is 9.84. The van der Waals surface area contributed by atoms with Crippen molar-refractivity contribution >= 4 is 16.3 Å². The van der Waals surface area contributed by atoms with Crippen LogP contribution >= 0.6 is 11.3 Å². The van der Waals surface area contributed by atoms with E-state index in [1.807, 2.05) is 6.92 Å². The molecule has 2 aromatic rings. The summed E-state index contributed by atoms with van der Waals surface area (Å²) in [4.78, 5) is 1.10. The number of aryl methyl sites for hydroxylation is 1. The second kappa shape index (κ2) is 5.46. The van der Waals surface area contributed by atoms with Crippen molar-refractivity contribution in [3.05, 3.63) is 40.3 Å². The van der Waals surface area contributed by atoms with E-state index in [0.717, 1.165) is 22.4 Å². The molecular weight excluding hydrogens is 252 g/mol. The van der Waals surface area contributed by atoms with Crippen LogP contribution in [0, 0.1) is 18.3 Å². The Bertz CT molecular complexity index is 617. The van der Waals surface area contributed by atoms with Crippen LogP contribution in [-0.4, -0.2) is 0 Å². The zero-order valence-corrected chi connectivity index (χ0v) is 12.3. The molecule has 0 aliphatic heterocycles. The maximum atomic E-state index is 9.23. The van der Waals surface area contributed by atoms with E-state index >= 15 is 0 Å². The minimum atomic E-state index is 0.568. The second-order valence-corrected chi connectivity index (χ2v) is 6.07. The third kappa shape index (κ3) is 2.50. The van der Waals surface area contributed by atoms with Crippen LogP contribution in [0.3, 0.4) is 0 Å². The standard InChI is InChI=1S/C16H18N2S/c1-4-10(2)12-5-7-13(8-6-12)15-11(3)19-16(18)14(15)9-17/h5-8,10H,4,18H2,1-3H3/t10-/m1/s1. The molecule has 3 heteroatoms. The number of thiophene rings is 1. The van der Waals surface area contributed by atoms with Gasteiger partial charge in [-0.1, -0.05) is 38.1 Å². The van der Waals surface area contributed by atoms with Gasteiger partial charge < -0.3 is 5.73 Å². The van der Waals surface area contributed by atoms with Crippen molar-refractivity contribution in [1.82, 2.24) is 0 Å². The first-order valence-corrected chi connectivity index (χ1v) is 7.29. The monoisotopic (exact) mass is 270 g/mol. The van der Waals surface area contributed by atoms with E-state index in [-0.39, 0.29) is 0 Å². The van der Waals surface area contributed by atoms with Crippen LogP contribution in [-0.2, 0) is 0 Å². The van der Waals surface area contributed by atoms with Gasteiger partial charge in [0.15, 0.2) is 0 Å². The van der Waals surface area contributed by atoms with Gasteiger partial charge in [-0.25, -0.2) is 0 Å². The van der Waals surface area contributed by atoms with Gasteiger partial charge >= 0.3 is 0 Å². The van der Waals surface area contributed by atoms with E-state index in [0.29, 0.717) is 16.5 Å². The Hall–Kier alpha value is -1.79. The molecule has 0 bridgehead atoms. The smallest absolute Gasteiger partial charge is 0.105 e. The Kier molecular flexibility index (Phi) is 3.92. The fraction of sp³-hybridized carbons (Fsp3) is 0.312. The zero-order valence-electron chi connectivity index (χ0n) is 11.5. The first-order chi connectivity index (χ1) is 9.08. The van der Waals surface area contributed by atoms with Gasteiger partial charge in [-0.15, -0.1) is 11.3 Å². The van der Waals surface area contributed by atoms with Gasteiger partial charge in [0.05, 0.1) is 5.56 Å². The van der Waals surface area contributed by atoms with Crippen LogP contribution in [0.2, 0.25) is 0 Å². The maximum Gasteiger partial charge on any atom is 0.105 e. The minimum Gasteiger partial charge on any atom is -0.389 e. The lowest BCUT2D eigenvalue weighted by molar-refractivity contribution is 0.734. The number of nitriles is 1. The molecule has 2 nitrogen and oxygen atoms in total. The summed E-state index contributed by atoms with van der Waals surface area (Å²) in [5.41, 5.74) is 9.90. The molecule has 1 aromatic carbocycles. The SMILES string of the molecule is CC[C@@H](C)c1ccc(-c2c(C)sc(N)c2C#N)cc1.